The van der Waals surface area contributed by atoms with Gasteiger partial charge in [-0.15, -0.1) is 0 Å². The number of benzene rings is 1. The second kappa shape index (κ2) is 7.22. The van der Waals surface area contributed by atoms with E-state index < -0.39 is 22.4 Å². The van der Waals surface area contributed by atoms with E-state index >= 15 is 0 Å². The minimum absolute atomic E-state index is 0.216. The summed E-state index contributed by atoms with van der Waals surface area (Å²) < 4.78 is 34.1. The Kier molecular flexibility index (Phi) is 4.85. The van der Waals surface area contributed by atoms with Crippen LogP contribution in [0.4, 0.5) is 8.78 Å². The van der Waals surface area contributed by atoms with E-state index in [1.165, 1.54) is 36.5 Å². The van der Waals surface area contributed by atoms with Crippen LogP contribution >= 0.6 is 11.8 Å². The van der Waals surface area contributed by atoms with Crippen molar-refractivity contribution >= 4 is 16.9 Å². The molecule has 1 aliphatic rings. The highest BCUT2D eigenvalue weighted by Gasteiger charge is 2.41. The number of amidine groups is 1. The van der Waals surface area contributed by atoms with E-state index in [1.54, 1.807) is 0 Å². The highest BCUT2D eigenvalue weighted by Crippen LogP contribution is 2.50. The van der Waals surface area contributed by atoms with Crippen molar-refractivity contribution in [3.63, 3.8) is 0 Å². The first-order valence-electron chi connectivity index (χ1n) is 8.98. The van der Waals surface area contributed by atoms with Gasteiger partial charge in [-0.2, -0.15) is 0 Å². The molecule has 9 heteroatoms. The molecule has 2 atom stereocenters. The number of hydrogen-bond acceptors (Lipinski definition) is 7. The topological polar surface area (TPSA) is 90.2 Å². The fourth-order valence-corrected chi connectivity index (χ4v) is 5.19. The predicted octanol–water partition coefficient (Wildman–Crippen LogP) is 4.43. The quantitative estimate of drug-likeness (QED) is 0.680. The van der Waals surface area contributed by atoms with Gasteiger partial charge in [0.2, 0.25) is 0 Å². The Morgan fingerprint density at radius 1 is 1.17 bits per heavy atom. The molecular formula is C20H19F2N5OS. The number of aliphatic imine (C=N–C) groups is 1. The third-order valence-electron chi connectivity index (χ3n) is 5.07. The van der Waals surface area contributed by atoms with Gasteiger partial charge in [0.1, 0.15) is 23.7 Å². The Balaban J connectivity index is 1.80. The molecule has 150 valence electrons. The molecule has 0 fully saturated rings. The van der Waals surface area contributed by atoms with Gasteiger partial charge in [-0.05, 0) is 33.3 Å². The first-order chi connectivity index (χ1) is 13.8. The number of nitrogens with zero attached hydrogens (tertiary/aromatic N) is 4. The molecule has 1 aliphatic heterocycles. The summed E-state index contributed by atoms with van der Waals surface area (Å²) >= 11 is 1.39. The maximum Gasteiger partial charge on any atom is 0.155 e. The van der Waals surface area contributed by atoms with E-state index in [9.17, 15) is 8.78 Å². The number of aromatic nitrogens is 3. The summed E-state index contributed by atoms with van der Waals surface area (Å²) in [6, 6.07) is 1.76. The molecule has 0 aliphatic carbocycles. The molecule has 4 rings (SSSR count). The van der Waals surface area contributed by atoms with Crippen molar-refractivity contribution in [1.29, 1.82) is 0 Å². The molecule has 0 saturated heterocycles. The molecule has 0 bridgehead atoms. The first kappa shape index (κ1) is 19.5. The van der Waals surface area contributed by atoms with Gasteiger partial charge in [0.15, 0.2) is 5.17 Å². The molecule has 0 spiro atoms. The summed E-state index contributed by atoms with van der Waals surface area (Å²) in [6.07, 6.45) is 4.77. The Hall–Kier alpha value is -2.81. The van der Waals surface area contributed by atoms with Crippen molar-refractivity contribution < 1.29 is 13.3 Å². The summed E-state index contributed by atoms with van der Waals surface area (Å²) in [6.45, 7) is 5.71. The van der Waals surface area contributed by atoms with Gasteiger partial charge in [-0.1, -0.05) is 16.9 Å². The number of thioether (sulfide) groups is 1. The van der Waals surface area contributed by atoms with Crippen LogP contribution in [-0.2, 0) is 4.75 Å². The minimum Gasteiger partial charge on any atom is -0.378 e. The summed E-state index contributed by atoms with van der Waals surface area (Å²) in [5, 5.41) is 4.37. The van der Waals surface area contributed by atoms with E-state index in [0.717, 1.165) is 17.3 Å². The lowest BCUT2D eigenvalue weighted by Gasteiger charge is -2.35. The fourth-order valence-electron chi connectivity index (χ4n) is 3.92. The second-order valence-corrected chi connectivity index (χ2v) is 8.72. The van der Waals surface area contributed by atoms with Crippen molar-refractivity contribution in [2.75, 3.05) is 0 Å². The molecule has 0 amide bonds. The Morgan fingerprint density at radius 2 is 1.90 bits per heavy atom. The zero-order valence-corrected chi connectivity index (χ0v) is 16.9. The molecular weight excluding hydrogens is 396 g/mol. The van der Waals surface area contributed by atoms with E-state index in [-0.39, 0.29) is 11.1 Å². The third kappa shape index (κ3) is 3.50. The maximum atomic E-state index is 14.8. The van der Waals surface area contributed by atoms with Gasteiger partial charge in [-0.25, -0.2) is 18.7 Å². The number of rotatable bonds is 3. The molecule has 29 heavy (non-hydrogen) atoms. The molecule has 2 aromatic heterocycles. The van der Waals surface area contributed by atoms with E-state index in [4.69, 9.17) is 10.3 Å². The number of aryl methyl sites for hydroxylation is 2. The van der Waals surface area contributed by atoms with Gasteiger partial charge in [-0.3, -0.25) is 4.99 Å². The van der Waals surface area contributed by atoms with Crippen molar-refractivity contribution in [2.24, 2.45) is 10.7 Å². The number of hydrogen-bond donors (Lipinski definition) is 1. The van der Waals surface area contributed by atoms with Crippen molar-refractivity contribution in [3.05, 3.63) is 65.1 Å². The molecule has 1 aromatic carbocycles. The molecule has 2 N–H and O–H groups in total. The lowest BCUT2D eigenvalue weighted by molar-refractivity contribution is 0.390. The number of nitrogens with two attached hydrogens (primary N) is 1. The molecule has 6 nitrogen and oxygen atoms in total. The average molecular weight is 415 g/mol. The van der Waals surface area contributed by atoms with Gasteiger partial charge < -0.3 is 10.3 Å². The minimum atomic E-state index is -0.684. The van der Waals surface area contributed by atoms with Crippen LogP contribution in [0.2, 0.25) is 0 Å². The van der Waals surface area contributed by atoms with Gasteiger partial charge in [0.25, 0.3) is 0 Å². The Bertz CT molecular complexity index is 1080. The summed E-state index contributed by atoms with van der Waals surface area (Å²) in [5.41, 5.74) is 8.74. The van der Waals surface area contributed by atoms with Crippen LogP contribution in [0.25, 0.3) is 11.1 Å². The van der Waals surface area contributed by atoms with E-state index in [2.05, 4.69) is 20.1 Å². The predicted molar refractivity (Wildman–Crippen MR) is 107 cm³/mol. The zero-order chi connectivity index (χ0) is 20.8. The van der Waals surface area contributed by atoms with Crippen molar-refractivity contribution in [2.45, 2.75) is 38.0 Å². The zero-order valence-electron chi connectivity index (χ0n) is 16.1. The maximum absolute atomic E-state index is 14.8. The SMILES string of the molecule is Cc1noc(C)c1C1(C)CC(c2cc(-c3cncnc3)c(F)cc2F)N=C(N)S1. The molecule has 2 unspecified atom stereocenters. The molecule has 3 aromatic rings. The monoisotopic (exact) mass is 415 g/mol. The van der Waals surface area contributed by atoms with Crippen LogP contribution in [0.1, 0.15) is 42.0 Å². The summed E-state index contributed by atoms with van der Waals surface area (Å²) in [5.74, 6) is -0.665. The lowest BCUT2D eigenvalue weighted by atomic mass is 9.87. The van der Waals surface area contributed by atoms with Gasteiger partial charge in [0, 0.05) is 40.7 Å². The summed E-state index contributed by atoms with van der Waals surface area (Å²) in [7, 11) is 0. The Morgan fingerprint density at radius 3 is 2.55 bits per heavy atom. The normalized spacial score (nSPS) is 21.8. The third-order valence-corrected chi connectivity index (χ3v) is 6.21. The second-order valence-electron chi connectivity index (χ2n) is 7.20. The molecule has 0 radical (unpaired) electrons. The first-order valence-corrected chi connectivity index (χ1v) is 9.80. The van der Waals surface area contributed by atoms with E-state index in [1.807, 2.05) is 20.8 Å². The van der Waals surface area contributed by atoms with Crippen molar-refractivity contribution in [1.82, 2.24) is 15.1 Å². The van der Waals surface area contributed by atoms with Crippen LogP contribution in [0, 0.1) is 25.5 Å². The van der Waals surface area contributed by atoms with Gasteiger partial charge >= 0.3 is 0 Å². The van der Waals surface area contributed by atoms with Crippen LogP contribution < -0.4 is 5.73 Å². The number of halogens is 2. The Labute approximate surface area is 170 Å². The molecule has 3 heterocycles. The van der Waals surface area contributed by atoms with Crippen LogP contribution in [0.3, 0.4) is 0 Å². The average Bonchev–Trinajstić information content (AvgIpc) is 3.01. The largest absolute Gasteiger partial charge is 0.378 e. The highest BCUT2D eigenvalue weighted by atomic mass is 32.2. The highest BCUT2D eigenvalue weighted by molar-refractivity contribution is 8.14. The summed E-state index contributed by atoms with van der Waals surface area (Å²) in [4.78, 5) is 12.3. The fraction of sp³-hybridized carbons (Fsp3) is 0.300. The van der Waals surface area contributed by atoms with E-state index in [0.29, 0.717) is 22.9 Å². The van der Waals surface area contributed by atoms with Crippen LogP contribution in [0.5, 0.6) is 0 Å². The van der Waals surface area contributed by atoms with Crippen LogP contribution in [-0.4, -0.2) is 20.3 Å². The smallest absolute Gasteiger partial charge is 0.155 e. The van der Waals surface area contributed by atoms with Crippen LogP contribution in [0.15, 0.2) is 40.4 Å². The molecule has 0 saturated carbocycles. The van der Waals surface area contributed by atoms with Gasteiger partial charge in [0.05, 0.1) is 16.5 Å². The lowest BCUT2D eigenvalue weighted by Crippen LogP contribution is -2.31. The standard InChI is InChI=1S/C20H19F2N5OS/c1-10-18(11(2)28-27-10)20(3)6-17(26-19(23)29-20)14-4-13(15(21)5-16(14)22)12-7-24-9-25-8-12/h4-5,7-9,17H,6H2,1-3H3,(H2,23,26). The van der Waals surface area contributed by atoms with Crippen molar-refractivity contribution in [3.8, 4) is 11.1 Å².